The molecule has 114 heavy (non-hydrogen) atoms. The molecule has 10 unspecified atom stereocenters. The van der Waals surface area contributed by atoms with E-state index < -0.39 is 203 Å². The summed E-state index contributed by atoms with van der Waals surface area (Å²) in [6.07, 6.45) is -18.9. The van der Waals surface area contributed by atoms with E-state index in [4.69, 9.17) is 72.8 Å². The lowest BCUT2D eigenvalue weighted by molar-refractivity contribution is -0.746. The number of para-hydroxylation sites is 1. The van der Waals surface area contributed by atoms with Crippen LogP contribution in [0.5, 0.6) is 0 Å². The number of nitrogens with two attached hydrogens (primary N) is 3. The van der Waals surface area contributed by atoms with Crippen LogP contribution in [-0.4, -0.2) is 219 Å². The number of aromatic amines is 3. The number of ether oxygens (including phenoxy) is 6. The smallest absolute Gasteiger partial charge is 0.387 e. The first-order valence-electron chi connectivity index (χ1n) is 33.7. The first-order valence-corrected chi connectivity index (χ1v) is 41.2. The summed E-state index contributed by atoms with van der Waals surface area (Å²) in [6.45, 7) is 2.59. The number of aryl methyl sites for hydroxylation is 1. The molecule has 0 saturated carbocycles. The van der Waals surface area contributed by atoms with Gasteiger partial charge in [-0.3, -0.25) is 84.9 Å². The van der Waals surface area contributed by atoms with Crippen molar-refractivity contribution in [2.45, 2.75) is 127 Å². The average molecular weight is 1710 g/mol. The van der Waals surface area contributed by atoms with Gasteiger partial charge < -0.3 is 90.7 Å². The van der Waals surface area contributed by atoms with Crippen LogP contribution < -0.4 is 43.8 Å². The molecule has 4 aliphatic heterocycles. The van der Waals surface area contributed by atoms with Crippen LogP contribution in [0.4, 0.5) is 29.4 Å². The zero-order valence-corrected chi connectivity index (χ0v) is 64.6. The second kappa shape index (κ2) is 32.0. The molecule has 4 saturated heterocycles. The Bertz CT molecular complexity index is 5590. The number of imidazole rings is 4. The summed E-state index contributed by atoms with van der Waals surface area (Å²) in [4.78, 5) is 146. The third-order valence-corrected chi connectivity index (χ3v) is 24.8. The van der Waals surface area contributed by atoms with Crippen LogP contribution >= 0.6 is 39.1 Å². The molecule has 0 radical (unpaired) electrons. The number of phosphoric ester groups is 4. The summed E-state index contributed by atoms with van der Waals surface area (Å²) in [7, 11) is -26.7. The quantitative estimate of drug-likeness (QED) is 0.00881. The molecule has 0 bridgehead atoms. The third-order valence-electron chi connectivity index (χ3n) is 18.6. The van der Waals surface area contributed by atoms with Crippen LogP contribution in [0.3, 0.4) is 0 Å². The van der Waals surface area contributed by atoms with E-state index in [2.05, 4.69) is 68.8 Å². The highest BCUT2D eigenvalue weighted by Gasteiger charge is 2.55. The predicted octanol–water partition coefficient (Wildman–Crippen LogP) is -0.185. The molecular formula is C56H75N21O32P5+. The molecule has 4 fully saturated rings. The first kappa shape index (κ1) is 83.6. The highest BCUT2D eigenvalue weighted by atomic mass is 31.3. The van der Waals surface area contributed by atoms with E-state index in [-0.39, 0.29) is 79.6 Å². The van der Waals surface area contributed by atoms with E-state index in [1.165, 1.54) is 77.1 Å². The van der Waals surface area contributed by atoms with Crippen molar-refractivity contribution in [2.24, 2.45) is 24.3 Å². The Morgan fingerprint density at radius 3 is 1.62 bits per heavy atom. The van der Waals surface area contributed by atoms with Gasteiger partial charge in [-0.15, -0.1) is 0 Å². The number of fused-ring (bicyclic) bond motifs is 4. The Balaban J connectivity index is 0.696. The predicted molar refractivity (Wildman–Crippen MR) is 379 cm³/mol. The van der Waals surface area contributed by atoms with Gasteiger partial charge in [-0.2, -0.15) is 18.6 Å². The molecule has 620 valence electrons. The van der Waals surface area contributed by atoms with E-state index in [0.717, 1.165) is 23.5 Å². The zero-order valence-electron chi connectivity index (χ0n) is 60.2. The molecule has 12 heterocycles. The van der Waals surface area contributed by atoms with Crippen LogP contribution in [-0.2, 0) is 94.1 Å². The number of hydrogen-bond donors (Lipinski definition) is 15. The highest BCUT2D eigenvalue weighted by molar-refractivity contribution is 7.66. The number of nitrogens with zero attached hydrogens (tertiary/aromatic N) is 14. The van der Waals surface area contributed by atoms with Crippen molar-refractivity contribution in [3.63, 3.8) is 0 Å². The van der Waals surface area contributed by atoms with Crippen LogP contribution in [0, 0.1) is 27.4 Å². The number of anilines is 4. The SMILES string of the molecule is CNc1ncnc2c1ncn2[C@@H]1O[C@H](COP(=O)(O)OP(=O)(O)OP(=O)(O)OC[C@H]2O[C@@H]([n+]3cn(C)c4c(=O)[nH]c(N)nc43)C(OCOC(c3ccccc3[N+](=O)[O-])C(C)(C)C)[C@H]2O)[C@H](OP(=O)(O)OC[C@H]2O[C@@H](n3cnc4c(=O)[nH]c(N)nc43)C(C)[C@H]2OP(=O)(O)OC[C@H]2O[C@@H](n3cnc4c(=O)[nH]c(N)nc43)C(O)[C@H]2O)C1C. The fourth-order valence-corrected chi connectivity index (χ4v) is 19.1. The van der Waals surface area contributed by atoms with Gasteiger partial charge in [0.05, 0.1) is 69.0 Å². The van der Waals surface area contributed by atoms with Crippen LogP contribution in [0.15, 0.2) is 70.3 Å². The fraction of sp³-hybridized carbons (Fsp3) is 0.536. The number of rotatable bonds is 31. The zero-order chi connectivity index (χ0) is 82.4. The Kier molecular flexibility index (Phi) is 23.4. The van der Waals surface area contributed by atoms with Gasteiger partial charge in [0.25, 0.3) is 28.3 Å². The third kappa shape index (κ3) is 17.3. The number of H-pyrrole nitrogens is 3. The van der Waals surface area contributed by atoms with Crippen molar-refractivity contribution in [2.75, 3.05) is 62.8 Å². The molecule has 22 atom stereocenters. The van der Waals surface area contributed by atoms with Crippen molar-refractivity contribution in [1.82, 2.24) is 73.1 Å². The molecule has 0 spiro atoms. The summed E-state index contributed by atoms with van der Waals surface area (Å²) in [6, 6.07) is 5.75. The Morgan fingerprint density at radius 2 is 1.09 bits per heavy atom. The molecule has 0 aliphatic carbocycles. The molecule has 53 nitrogen and oxygen atoms in total. The molecule has 18 N–H and O–H groups in total. The van der Waals surface area contributed by atoms with E-state index in [9.17, 15) is 87.1 Å². The standard InChI is InChI=1S/C56H74N21O32P5/c1-22-37(107-111(88,89)99-14-28-38(23(2)50(105-28)74-18-64-31-43(74)66-53(57)69-46(31)81)106-110(86,87)98-12-26-34(78)36(80)51(102-26)75-19-65-32-44(75)67-54(58)70-47(32)82)29(104-49(22)73-17-63-30-41(60-6)61-16-62-42(30)73)15-101-113(92,93)109-114(94,95)108-112(90,91)100-13-27-35(79)39(52(103-27)76-20-72(7)33-45(76)68-55(59)71-48(33)83)96-21-97-40(56(3,4)5)24-10-8-9-11-25(24)77(84)85/h8-11,16-20,22-23,26-29,34-40,49-52,78-80H,12-15,21H2,1-7H3,(H14-,57,58,59,60,61,62,66,67,68,69,70,71,81,82,83,86,87,88,89,90,91,92,93,94,95)/p+1/t22?,23?,26-,27-,28-,29-,34+,35+,36?,37-,38-,39?,40?,49-,50-,51-,52-/m1/s1. The van der Waals surface area contributed by atoms with Crippen LogP contribution in [0.2, 0.25) is 0 Å². The summed E-state index contributed by atoms with van der Waals surface area (Å²) in [5.74, 6) is -3.26. The molecule has 58 heteroatoms. The summed E-state index contributed by atoms with van der Waals surface area (Å²) in [5, 5.41) is 48.9. The number of nitrogen functional groups attached to an aromatic ring is 3. The largest absolute Gasteiger partial charge is 0.490 e. The van der Waals surface area contributed by atoms with Gasteiger partial charge in [-0.05, 0) is 11.5 Å². The van der Waals surface area contributed by atoms with Gasteiger partial charge in [0.15, 0.2) is 46.3 Å². The minimum absolute atomic E-state index is 0.0721. The summed E-state index contributed by atoms with van der Waals surface area (Å²) in [5.41, 5.74) is 13.5. The van der Waals surface area contributed by atoms with Crippen molar-refractivity contribution in [3.05, 3.63) is 103 Å². The number of benzene rings is 1. The van der Waals surface area contributed by atoms with Crippen molar-refractivity contribution in [3.8, 4) is 0 Å². The number of phosphoric acid groups is 5. The molecule has 8 aromatic heterocycles. The maximum atomic E-state index is 14.5. The summed E-state index contributed by atoms with van der Waals surface area (Å²) < 4.78 is 153. The normalized spacial score (nSPS) is 28.4. The van der Waals surface area contributed by atoms with Gasteiger partial charge in [-0.25, -0.2) is 52.3 Å². The molecule has 1 aromatic carbocycles. The highest BCUT2D eigenvalue weighted by Crippen LogP contribution is 2.68. The minimum Gasteiger partial charge on any atom is -0.387 e. The number of nitro benzene ring substituents is 1. The molecule has 4 aliphatic rings. The second-order valence-electron chi connectivity index (χ2n) is 27.4. The molecule has 9 aromatic rings. The van der Waals surface area contributed by atoms with Crippen molar-refractivity contribution < 1.29 is 136 Å². The number of nitro groups is 1. The average Bonchev–Trinajstić information content (AvgIpc) is 1.61. The number of nitrogens with one attached hydrogen (secondary N) is 4. The van der Waals surface area contributed by atoms with E-state index >= 15 is 0 Å². The Labute approximate surface area is 636 Å². The first-order chi connectivity index (χ1) is 53.5. The van der Waals surface area contributed by atoms with Gasteiger partial charge in [0.2, 0.25) is 23.6 Å². The van der Waals surface area contributed by atoms with E-state index in [1.807, 2.05) is 0 Å². The van der Waals surface area contributed by atoms with Gasteiger partial charge in [-0.1, -0.05) is 51.7 Å². The lowest BCUT2D eigenvalue weighted by Gasteiger charge is -2.31. The van der Waals surface area contributed by atoms with Crippen LogP contribution in [0.1, 0.15) is 71.2 Å². The maximum absolute atomic E-state index is 14.5. The Hall–Kier alpha value is -8.31. The molecular weight excluding hydrogens is 1630 g/mol. The monoisotopic (exact) mass is 1710 g/mol. The maximum Gasteiger partial charge on any atom is 0.490 e. The fourth-order valence-electron chi connectivity index (χ4n) is 13.5. The number of aliphatic hydroxyl groups excluding tert-OH is 3. The van der Waals surface area contributed by atoms with Crippen molar-refractivity contribution in [1.29, 1.82) is 0 Å². The molecule has 0 amide bonds. The number of aromatic nitrogens is 16. The van der Waals surface area contributed by atoms with Gasteiger partial charge >= 0.3 is 44.8 Å². The summed E-state index contributed by atoms with van der Waals surface area (Å²) >= 11 is 0. The van der Waals surface area contributed by atoms with Crippen molar-refractivity contribution >= 4 is 113 Å². The minimum atomic E-state index is -6.38. The lowest BCUT2D eigenvalue weighted by Crippen LogP contribution is -2.47. The lowest BCUT2D eigenvalue weighted by atomic mass is 9.84. The topological polar surface area (TPSA) is 735 Å². The second-order valence-corrected chi connectivity index (χ2v) is 34.8. The number of hydrogen-bond acceptors (Lipinski definition) is 39. The molecule has 13 rings (SSSR count). The Morgan fingerprint density at radius 1 is 0.614 bits per heavy atom. The van der Waals surface area contributed by atoms with Gasteiger partial charge in [0.1, 0.15) is 92.1 Å². The van der Waals surface area contributed by atoms with E-state index in [1.54, 1.807) is 26.8 Å². The van der Waals surface area contributed by atoms with Gasteiger partial charge in [0, 0.05) is 24.9 Å². The van der Waals surface area contributed by atoms with Crippen LogP contribution in [0.25, 0.3) is 44.7 Å². The van der Waals surface area contributed by atoms with E-state index in [0.29, 0.717) is 0 Å². The number of aliphatic hydroxyl groups is 3.